The Kier molecular flexibility index (Phi) is 4.22. The average Bonchev–Trinajstić information content (AvgIpc) is 2.35. The lowest BCUT2D eigenvalue weighted by Gasteiger charge is -2.22. The van der Waals surface area contributed by atoms with Gasteiger partial charge in [0.1, 0.15) is 5.82 Å². The summed E-state index contributed by atoms with van der Waals surface area (Å²) in [5.74, 6) is 0.222. The first-order chi connectivity index (χ1) is 8.88. The fraction of sp³-hybridized carbons (Fsp3) is 0.455. The van der Waals surface area contributed by atoms with Gasteiger partial charge in [-0.15, -0.1) is 0 Å². The molecule has 1 aliphatic heterocycles. The molecule has 1 saturated heterocycles. The first-order valence-electron chi connectivity index (χ1n) is 5.81. The van der Waals surface area contributed by atoms with Gasteiger partial charge in [-0.3, -0.25) is 4.21 Å². The summed E-state index contributed by atoms with van der Waals surface area (Å²) in [5.41, 5.74) is 5.22. The molecule has 0 radical (unpaired) electrons. The van der Waals surface area contributed by atoms with Crippen molar-refractivity contribution in [2.24, 2.45) is 0 Å². The maximum atomic E-state index is 13.3. The molecule has 0 unspecified atom stereocenters. The molecule has 0 amide bonds. The van der Waals surface area contributed by atoms with Crippen LogP contribution in [0.5, 0.6) is 0 Å². The Morgan fingerprint density at radius 3 is 2.53 bits per heavy atom. The quantitative estimate of drug-likeness (QED) is 0.800. The van der Waals surface area contributed by atoms with Crippen LogP contribution in [-0.4, -0.2) is 30.2 Å². The molecule has 0 aromatic heterocycles. The van der Waals surface area contributed by atoms with E-state index in [1.54, 1.807) is 0 Å². The van der Waals surface area contributed by atoms with Gasteiger partial charge in [-0.25, -0.2) is 17.5 Å². The van der Waals surface area contributed by atoms with Gasteiger partial charge < -0.3 is 5.73 Å². The summed E-state index contributed by atoms with van der Waals surface area (Å²) in [6.07, 6.45) is 1.06. The Morgan fingerprint density at radius 1 is 1.32 bits per heavy atom. The molecule has 1 aromatic carbocycles. The molecule has 1 fully saturated rings. The van der Waals surface area contributed by atoms with E-state index < -0.39 is 26.6 Å². The minimum Gasteiger partial charge on any atom is -0.396 e. The third kappa shape index (κ3) is 3.52. The fourth-order valence-corrected chi connectivity index (χ4v) is 4.49. The van der Waals surface area contributed by atoms with Gasteiger partial charge in [-0.05, 0) is 31.0 Å². The van der Waals surface area contributed by atoms with Crippen LogP contribution in [0.15, 0.2) is 23.1 Å². The van der Waals surface area contributed by atoms with Crippen molar-refractivity contribution < 1.29 is 17.0 Å². The van der Waals surface area contributed by atoms with Gasteiger partial charge in [0, 0.05) is 28.3 Å². The van der Waals surface area contributed by atoms with E-state index in [0.717, 1.165) is 6.07 Å². The van der Waals surface area contributed by atoms with Gasteiger partial charge in [-0.1, -0.05) is 0 Å². The molecule has 0 aliphatic carbocycles. The molecule has 1 aliphatic rings. The monoisotopic (exact) mass is 306 g/mol. The first kappa shape index (κ1) is 14.4. The molecule has 5 nitrogen and oxygen atoms in total. The maximum Gasteiger partial charge on any atom is 0.240 e. The van der Waals surface area contributed by atoms with Gasteiger partial charge in [0.05, 0.1) is 10.6 Å². The molecule has 1 aromatic rings. The van der Waals surface area contributed by atoms with Crippen LogP contribution in [0.3, 0.4) is 0 Å². The van der Waals surface area contributed by atoms with E-state index in [-0.39, 0.29) is 16.6 Å². The standard InChI is InChI=1S/C11H15FN2O3S2/c12-10-7-9(1-2-11(10)13)19(16,17)14-8-3-5-18(15)6-4-8/h1-2,7-8,14H,3-6,13H2. The van der Waals surface area contributed by atoms with Gasteiger partial charge in [-0.2, -0.15) is 0 Å². The maximum absolute atomic E-state index is 13.3. The van der Waals surface area contributed by atoms with E-state index in [0.29, 0.717) is 24.3 Å². The summed E-state index contributed by atoms with van der Waals surface area (Å²) >= 11 is 0. The van der Waals surface area contributed by atoms with Gasteiger partial charge in [0.25, 0.3) is 0 Å². The zero-order valence-corrected chi connectivity index (χ0v) is 11.8. The van der Waals surface area contributed by atoms with Crippen LogP contribution in [0.1, 0.15) is 12.8 Å². The van der Waals surface area contributed by atoms with Crippen molar-refractivity contribution >= 4 is 26.5 Å². The normalized spacial score (nSPS) is 24.3. The molecule has 106 valence electrons. The molecular weight excluding hydrogens is 291 g/mol. The lowest BCUT2D eigenvalue weighted by Crippen LogP contribution is -2.39. The molecule has 0 saturated carbocycles. The van der Waals surface area contributed by atoms with Crippen molar-refractivity contribution in [3.05, 3.63) is 24.0 Å². The van der Waals surface area contributed by atoms with E-state index in [1.807, 2.05) is 0 Å². The topological polar surface area (TPSA) is 89.3 Å². The van der Waals surface area contributed by atoms with Crippen molar-refractivity contribution in [3.63, 3.8) is 0 Å². The van der Waals surface area contributed by atoms with Crippen LogP contribution in [0, 0.1) is 5.82 Å². The minimum atomic E-state index is -3.76. The van der Waals surface area contributed by atoms with Crippen molar-refractivity contribution in [3.8, 4) is 0 Å². The number of halogens is 1. The third-order valence-electron chi connectivity index (χ3n) is 2.99. The number of hydrogen-bond acceptors (Lipinski definition) is 4. The fourth-order valence-electron chi connectivity index (χ4n) is 1.87. The zero-order chi connectivity index (χ0) is 14.0. The van der Waals surface area contributed by atoms with E-state index in [4.69, 9.17) is 5.73 Å². The van der Waals surface area contributed by atoms with Gasteiger partial charge in [0.15, 0.2) is 0 Å². The Labute approximate surface area is 113 Å². The number of benzene rings is 1. The molecule has 0 atom stereocenters. The molecule has 0 spiro atoms. The van der Waals surface area contributed by atoms with Crippen LogP contribution >= 0.6 is 0 Å². The van der Waals surface area contributed by atoms with Crippen LogP contribution < -0.4 is 10.5 Å². The summed E-state index contributed by atoms with van der Waals surface area (Å²) in [6.45, 7) is 0. The van der Waals surface area contributed by atoms with E-state index >= 15 is 0 Å². The van der Waals surface area contributed by atoms with Crippen LogP contribution in [-0.2, 0) is 20.8 Å². The highest BCUT2D eigenvalue weighted by Crippen LogP contribution is 2.18. The summed E-state index contributed by atoms with van der Waals surface area (Å²) in [4.78, 5) is -0.147. The van der Waals surface area contributed by atoms with Crippen LogP contribution in [0.4, 0.5) is 10.1 Å². The minimum absolute atomic E-state index is 0.0907. The summed E-state index contributed by atoms with van der Waals surface area (Å²) in [5, 5.41) is 0. The summed E-state index contributed by atoms with van der Waals surface area (Å²) in [6, 6.07) is 3.14. The highest BCUT2D eigenvalue weighted by Gasteiger charge is 2.24. The third-order valence-corrected chi connectivity index (χ3v) is 5.89. The molecule has 2 rings (SSSR count). The predicted molar refractivity (Wildman–Crippen MR) is 72.0 cm³/mol. The molecule has 19 heavy (non-hydrogen) atoms. The van der Waals surface area contributed by atoms with Gasteiger partial charge >= 0.3 is 0 Å². The zero-order valence-electron chi connectivity index (χ0n) is 10.1. The van der Waals surface area contributed by atoms with Crippen LogP contribution in [0.25, 0.3) is 0 Å². The Morgan fingerprint density at radius 2 is 1.95 bits per heavy atom. The Bertz CT molecular complexity index is 594. The molecule has 0 bridgehead atoms. The van der Waals surface area contributed by atoms with Crippen molar-refractivity contribution in [1.29, 1.82) is 0 Å². The highest BCUT2D eigenvalue weighted by atomic mass is 32.2. The molecular formula is C11H15FN2O3S2. The van der Waals surface area contributed by atoms with E-state index in [9.17, 15) is 17.0 Å². The molecule has 1 heterocycles. The second-order valence-electron chi connectivity index (χ2n) is 4.43. The number of anilines is 1. The lowest BCUT2D eigenvalue weighted by atomic mass is 10.2. The van der Waals surface area contributed by atoms with Crippen LogP contribution in [0.2, 0.25) is 0 Å². The van der Waals surface area contributed by atoms with Crippen molar-refractivity contribution in [2.45, 2.75) is 23.8 Å². The van der Waals surface area contributed by atoms with E-state index in [1.165, 1.54) is 12.1 Å². The smallest absolute Gasteiger partial charge is 0.240 e. The van der Waals surface area contributed by atoms with E-state index in [2.05, 4.69) is 4.72 Å². The SMILES string of the molecule is Nc1ccc(S(=O)(=O)NC2CCS(=O)CC2)cc1F. The predicted octanol–water partition coefficient (Wildman–Crippen LogP) is 0.597. The number of nitrogens with two attached hydrogens (primary N) is 1. The number of hydrogen-bond donors (Lipinski definition) is 2. The van der Waals surface area contributed by atoms with Crippen molar-refractivity contribution in [1.82, 2.24) is 4.72 Å². The van der Waals surface area contributed by atoms with Crippen molar-refractivity contribution in [2.75, 3.05) is 17.2 Å². The number of nitrogen functional groups attached to an aromatic ring is 1. The number of sulfonamides is 1. The highest BCUT2D eigenvalue weighted by molar-refractivity contribution is 7.89. The number of rotatable bonds is 3. The number of nitrogens with one attached hydrogen (secondary N) is 1. The largest absolute Gasteiger partial charge is 0.396 e. The lowest BCUT2D eigenvalue weighted by molar-refractivity contribution is 0.521. The first-order valence-corrected chi connectivity index (χ1v) is 8.78. The van der Waals surface area contributed by atoms with Gasteiger partial charge in [0.2, 0.25) is 10.0 Å². The average molecular weight is 306 g/mol. The molecule has 3 N–H and O–H groups in total. The Balaban J connectivity index is 2.13. The second kappa shape index (κ2) is 5.56. The second-order valence-corrected chi connectivity index (χ2v) is 7.84. The Hall–Kier alpha value is -0.990. The molecule has 8 heteroatoms. The summed E-state index contributed by atoms with van der Waals surface area (Å²) in [7, 11) is -4.61. The summed E-state index contributed by atoms with van der Waals surface area (Å²) < 4.78 is 51.1.